The minimum absolute atomic E-state index is 0.00486. The van der Waals surface area contributed by atoms with Crippen LogP contribution in [0.1, 0.15) is 21.7 Å². The Morgan fingerprint density at radius 1 is 1.32 bits per heavy atom. The molecule has 0 aliphatic rings. The average molecular weight is 271 g/mol. The van der Waals surface area contributed by atoms with E-state index in [9.17, 15) is 18.0 Å². The van der Waals surface area contributed by atoms with Crippen molar-refractivity contribution in [2.24, 2.45) is 0 Å². The van der Waals surface area contributed by atoms with Gasteiger partial charge in [0.15, 0.2) is 0 Å². The first-order valence-electron chi connectivity index (χ1n) is 5.36. The number of nitrogens with zero attached hydrogens (tertiary/aromatic N) is 1. The molecule has 0 spiro atoms. The molecule has 102 valence electrons. The summed E-state index contributed by atoms with van der Waals surface area (Å²) < 4.78 is 42.4. The molecule has 19 heavy (non-hydrogen) atoms. The normalized spacial score (nSPS) is 10.9. The summed E-state index contributed by atoms with van der Waals surface area (Å²) in [6.45, 7) is 6.77. The molecular formula is C13H12F3NO2. The van der Waals surface area contributed by atoms with Gasteiger partial charge in [-0.3, -0.25) is 0 Å². The standard InChI is InChI=1S/C13H12F3NO2/c1-3-5-10-9(12(18)19-8-4-2)6-7-11(17-10)13(14,15)16/h3-4,6-7H,1-2,5,8H2. The Labute approximate surface area is 108 Å². The lowest BCUT2D eigenvalue weighted by atomic mass is 10.1. The molecule has 0 N–H and O–H groups in total. The molecule has 0 atom stereocenters. The summed E-state index contributed by atoms with van der Waals surface area (Å²) in [5, 5.41) is 0. The second-order valence-corrected chi connectivity index (χ2v) is 3.57. The highest BCUT2D eigenvalue weighted by molar-refractivity contribution is 5.90. The van der Waals surface area contributed by atoms with Crippen LogP contribution in [0.5, 0.6) is 0 Å². The zero-order valence-corrected chi connectivity index (χ0v) is 10.0. The molecule has 0 saturated heterocycles. The minimum atomic E-state index is -4.56. The van der Waals surface area contributed by atoms with Crippen LogP contribution >= 0.6 is 0 Å². The van der Waals surface area contributed by atoms with E-state index in [1.807, 2.05) is 0 Å². The smallest absolute Gasteiger partial charge is 0.433 e. The first-order chi connectivity index (χ1) is 8.90. The fourth-order valence-electron chi connectivity index (χ4n) is 1.35. The van der Waals surface area contributed by atoms with Gasteiger partial charge in [-0.05, 0) is 12.1 Å². The van der Waals surface area contributed by atoms with E-state index in [1.54, 1.807) is 0 Å². The van der Waals surface area contributed by atoms with Gasteiger partial charge in [0.05, 0.1) is 11.3 Å². The third-order valence-electron chi connectivity index (χ3n) is 2.15. The van der Waals surface area contributed by atoms with Gasteiger partial charge in [-0.2, -0.15) is 13.2 Å². The van der Waals surface area contributed by atoms with E-state index >= 15 is 0 Å². The monoisotopic (exact) mass is 271 g/mol. The van der Waals surface area contributed by atoms with Crippen molar-refractivity contribution in [2.75, 3.05) is 6.61 Å². The number of hydrogen-bond donors (Lipinski definition) is 0. The summed E-state index contributed by atoms with van der Waals surface area (Å²) >= 11 is 0. The summed E-state index contributed by atoms with van der Waals surface area (Å²) in [5.41, 5.74) is -1.07. The van der Waals surface area contributed by atoms with Gasteiger partial charge in [-0.15, -0.1) is 6.58 Å². The molecule has 0 unspecified atom stereocenters. The SMILES string of the molecule is C=CCOC(=O)c1ccc(C(F)(F)F)nc1CC=C. The number of pyridine rings is 1. The molecule has 0 saturated carbocycles. The highest BCUT2D eigenvalue weighted by atomic mass is 19.4. The molecule has 0 radical (unpaired) electrons. The number of allylic oxidation sites excluding steroid dienone is 1. The van der Waals surface area contributed by atoms with Crippen LogP contribution < -0.4 is 0 Å². The van der Waals surface area contributed by atoms with Gasteiger partial charge < -0.3 is 4.74 Å². The maximum atomic E-state index is 12.5. The van der Waals surface area contributed by atoms with Crippen LogP contribution in [-0.4, -0.2) is 17.6 Å². The predicted molar refractivity (Wildman–Crippen MR) is 63.6 cm³/mol. The van der Waals surface area contributed by atoms with Gasteiger partial charge in [0.1, 0.15) is 12.3 Å². The Hall–Kier alpha value is -2.11. The lowest BCUT2D eigenvalue weighted by Gasteiger charge is -2.10. The molecule has 0 aliphatic heterocycles. The second kappa shape index (κ2) is 6.17. The summed E-state index contributed by atoms with van der Waals surface area (Å²) in [6.07, 6.45) is -1.78. The van der Waals surface area contributed by atoms with Crippen LogP contribution in [0.4, 0.5) is 13.2 Å². The van der Waals surface area contributed by atoms with Gasteiger partial charge in [0.25, 0.3) is 0 Å². The molecular weight excluding hydrogens is 259 g/mol. The molecule has 0 fully saturated rings. The maximum absolute atomic E-state index is 12.5. The van der Waals surface area contributed by atoms with Crippen LogP contribution in [0.15, 0.2) is 37.4 Å². The van der Waals surface area contributed by atoms with Crippen molar-refractivity contribution in [1.29, 1.82) is 0 Å². The zero-order chi connectivity index (χ0) is 14.5. The van der Waals surface area contributed by atoms with Crippen molar-refractivity contribution >= 4 is 5.97 Å². The fraction of sp³-hybridized carbons (Fsp3) is 0.231. The van der Waals surface area contributed by atoms with Gasteiger partial charge in [-0.25, -0.2) is 9.78 Å². The molecule has 0 aliphatic carbocycles. The first kappa shape index (κ1) is 14.9. The maximum Gasteiger partial charge on any atom is 0.433 e. The van der Waals surface area contributed by atoms with E-state index in [2.05, 4.69) is 18.1 Å². The van der Waals surface area contributed by atoms with E-state index in [0.717, 1.165) is 12.1 Å². The van der Waals surface area contributed by atoms with Crippen LogP contribution in [0.3, 0.4) is 0 Å². The Balaban J connectivity index is 3.14. The summed E-state index contributed by atoms with van der Waals surface area (Å²) in [6, 6.07) is 1.80. The van der Waals surface area contributed by atoms with E-state index in [4.69, 9.17) is 4.74 Å². The molecule has 3 nitrogen and oxygen atoms in total. The summed E-state index contributed by atoms with van der Waals surface area (Å²) in [4.78, 5) is 15.1. The quantitative estimate of drug-likeness (QED) is 0.610. The van der Waals surface area contributed by atoms with E-state index in [-0.39, 0.29) is 24.3 Å². The second-order valence-electron chi connectivity index (χ2n) is 3.57. The Morgan fingerprint density at radius 2 is 2.00 bits per heavy atom. The Kier molecular flexibility index (Phi) is 4.86. The van der Waals surface area contributed by atoms with Crippen LogP contribution in [0.25, 0.3) is 0 Å². The number of aromatic nitrogens is 1. The Bertz CT molecular complexity index is 495. The summed E-state index contributed by atoms with van der Waals surface area (Å²) in [7, 11) is 0. The first-order valence-corrected chi connectivity index (χ1v) is 5.36. The molecule has 1 heterocycles. The molecule has 0 amide bonds. The van der Waals surface area contributed by atoms with E-state index in [1.165, 1.54) is 12.2 Å². The van der Waals surface area contributed by atoms with Crippen LogP contribution in [0, 0.1) is 0 Å². The average Bonchev–Trinajstić information content (AvgIpc) is 2.35. The molecule has 1 rings (SSSR count). The number of rotatable bonds is 5. The molecule has 0 aromatic carbocycles. The third kappa shape index (κ3) is 3.94. The van der Waals surface area contributed by atoms with Crippen molar-refractivity contribution in [2.45, 2.75) is 12.6 Å². The van der Waals surface area contributed by atoms with Crippen LogP contribution in [-0.2, 0) is 17.3 Å². The molecule has 1 aromatic heterocycles. The number of carbonyl (C=O) groups is 1. The number of alkyl halides is 3. The lowest BCUT2D eigenvalue weighted by molar-refractivity contribution is -0.141. The number of esters is 1. The molecule has 0 bridgehead atoms. The predicted octanol–water partition coefficient (Wildman–Crippen LogP) is 3.17. The summed E-state index contributed by atoms with van der Waals surface area (Å²) in [5.74, 6) is -0.738. The van der Waals surface area contributed by atoms with Crippen molar-refractivity contribution in [1.82, 2.24) is 4.98 Å². The van der Waals surface area contributed by atoms with Crippen molar-refractivity contribution in [3.05, 3.63) is 54.4 Å². The van der Waals surface area contributed by atoms with Crippen LogP contribution in [0.2, 0.25) is 0 Å². The number of hydrogen-bond acceptors (Lipinski definition) is 3. The van der Waals surface area contributed by atoms with E-state index in [0.29, 0.717) is 0 Å². The van der Waals surface area contributed by atoms with Gasteiger partial charge in [0.2, 0.25) is 0 Å². The Morgan fingerprint density at radius 3 is 2.53 bits per heavy atom. The van der Waals surface area contributed by atoms with Crippen molar-refractivity contribution in [3.8, 4) is 0 Å². The van der Waals surface area contributed by atoms with Crippen molar-refractivity contribution < 1.29 is 22.7 Å². The fourth-order valence-corrected chi connectivity index (χ4v) is 1.35. The highest BCUT2D eigenvalue weighted by Gasteiger charge is 2.33. The number of ether oxygens (including phenoxy) is 1. The van der Waals surface area contributed by atoms with Gasteiger partial charge in [0, 0.05) is 6.42 Å². The highest BCUT2D eigenvalue weighted by Crippen LogP contribution is 2.28. The van der Waals surface area contributed by atoms with Crippen molar-refractivity contribution in [3.63, 3.8) is 0 Å². The van der Waals surface area contributed by atoms with Gasteiger partial charge in [-0.1, -0.05) is 18.7 Å². The van der Waals surface area contributed by atoms with Gasteiger partial charge >= 0.3 is 12.1 Å². The topological polar surface area (TPSA) is 39.2 Å². The largest absolute Gasteiger partial charge is 0.458 e. The number of halogens is 3. The zero-order valence-electron chi connectivity index (χ0n) is 10.0. The third-order valence-corrected chi connectivity index (χ3v) is 2.15. The molecule has 6 heteroatoms. The lowest BCUT2D eigenvalue weighted by Crippen LogP contribution is -2.14. The molecule has 1 aromatic rings. The number of carbonyl (C=O) groups excluding carboxylic acids is 1. The van der Waals surface area contributed by atoms with E-state index < -0.39 is 17.8 Å². The minimum Gasteiger partial charge on any atom is -0.458 e.